The molecule has 0 amide bonds. The molecule has 1 N–H and O–H groups in total. The zero-order valence-electron chi connectivity index (χ0n) is 9.89. The Hall–Kier alpha value is -0.930. The fourth-order valence-electron chi connectivity index (χ4n) is 2.24. The van der Waals surface area contributed by atoms with E-state index in [4.69, 9.17) is 0 Å². The number of hydrogen-bond donors (Lipinski definition) is 1. The van der Waals surface area contributed by atoms with Crippen molar-refractivity contribution in [3.63, 3.8) is 0 Å². The van der Waals surface area contributed by atoms with Gasteiger partial charge in [0, 0.05) is 31.4 Å². The molecule has 0 aliphatic carbocycles. The topological polar surface area (TPSA) is 35.8 Å². The number of aliphatic imine (C=N–C) groups is 1. The maximum atomic E-state index is 9.61. The molecule has 0 saturated carbocycles. The highest BCUT2D eigenvalue weighted by Crippen LogP contribution is 2.14. The van der Waals surface area contributed by atoms with Crippen LogP contribution in [0.1, 0.15) is 26.2 Å². The Kier molecular flexibility index (Phi) is 3.91. The minimum atomic E-state index is -0.133. The lowest BCUT2D eigenvalue weighted by Gasteiger charge is -2.30. The number of nitrogens with zero attached hydrogens (tertiary/aromatic N) is 2. The first-order valence-corrected chi connectivity index (χ1v) is 6.03. The molecule has 3 nitrogen and oxygen atoms in total. The van der Waals surface area contributed by atoms with Gasteiger partial charge in [0.15, 0.2) is 0 Å². The zero-order chi connectivity index (χ0) is 11.4. The fourth-order valence-corrected chi connectivity index (χ4v) is 2.24. The number of hydrogen-bond acceptors (Lipinski definition) is 3. The molecule has 0 aromatic rings. The summed E-state index contributed by atoms with van der Waals surface area (Å²) in [5.74, 6) is 0. The molecule has 0 aromatic carbocycles. The monoisotopic (exact) mass is 220 g/mol. The van der Waals surface area contributed by atoms with Crippen molar-refractivity contribution in [1.82, 2.24) is 4.90 Å². The van der Waals surface area contributed by atoms with Gasteiger partial charge in [0.25, 0.3) is 0 Å². The standard InChI is InChI=1S/C13H20N2O/c1-11-4-5-12(6-7-14-11)9-15-8-2-3-13(16)10-15/h4-5,7,13,16H,2-3,6,8-10H2,1H3. The second-order valence-electron chi connectivity index (χ2n) is 4.68. The van der Waals surface area contributed by atoms with Crippen LogP contribution in [0.15, 0.2) is 28.4 Å². The number of aliphatic hydroxyl groups is 1. The van der Waals surface area contributed by atoms with Crippen LogP contribution in [0.25, 0.3) is 0 Å². The lowest BCUT2D eigenvalue weighted by molar-refractivity contribution is 0.0756. The van der Waals surface area contributed by atoms with E-state index in [9.17, 15) is 5.11 Å². The zero-order valence-corrected chi connectivity index (χ0v) is 9.89. The molecule has 0 aromatic heterocycles. The largest absolute Gasteiger partial charge is 0.392 e. The Morgan fingerprint density at radius 2 is 2.38 bits per heavy atom. The first-order valence-electron chi connectivity index (χ1n) is 6.03. The van der Waals surface area contributed by atoms with Crippen LogP contribution in [0.3, 0.4) is 0 Å². The van der Waals surface area contributed by atoms with Gasteiger partial charge in [-0.25, -0.2) is 0 Å². The van der Waals surface area contributed by atoms with E-state index >= 15 is 0 Å². The summed E-state index contributed by atoms with van der Waals surface area (Å²) < 4.78 is 0. The minimum Gasteiger partial charge on any atom is -0.392 e. The molecule has 0 bridgehead atoms. The number of β-amino-alcohol motifs (C(OH)–C–C–N with tert-alkyl or cyclic N) is 1. The van der Waals surface area contributed by atoms with Crippen LogP contribution in [0.5, 0.6) is 0 Å². The summed E-state index contributed by atoms with van der Waals surface area (Å²) >= 11 is 0. The summed E-state index contributed by atoms with van der Waals surface area (Å²) in [7, 11) is 0. The third kappa shape index (κ3) is 3.29. The summed E-state index contributed by atoms with van der Waals surface area (Å²) in [5.41, 5.74) is 2.45. The average molecular weight is 220 g/mol. The van der Waals surface area contributed by atoms with E-state index in [1.807, 2.05) is 13.1 Å². The van der Waals surface area contributed by atoms with Gasteiger partial charge in [-0.2, -0.15) is 0 Å². The molecule has 88 valence electrons. The van der Waals surface area contributed by atoms with Gasteiger partial charge >= 0.3 is 0 Å². The summed E-state index contributed by atoms with van der Waals surface area (Å²) in [5, 5.41) is 9.61. The molecule has 3 heteroatoms. The highest BCUT2D eigenvalue weighted by Gasteiger charge is 2.17. The van der Waals surface area contributed by atoms with Crippen molar-refractivity contribution in [3.8, 4) is 0 Å². The van der Waals surface area contributed by atoms with E-state index in [0.717, 1.165) is 44.6 Å². The molecule has 1 saturated heterocycles. The predicted molar refractivity (Wildman–Crippen MR) is 66.6 cm³/mol. The van der Waals surface area contributed by atoms with Gasteiger partial charge in [-0.05, 0) is 32.4 Å². The molecule has 2 aliphatic heterocycles. The summed E-state index contributed by atoms with van der Waals surface area (Å²) in [6.45, 7) is 4.90. The molecule has 1 atom stereocenters. The molecule has 1 fully saturated rings. The predicted octanol–water partition coefficient (Wildman–Crippen LogP) is 1.75. The van der Waals surface area contributed by atoms with E-state index < -0.39 is 0 Å². The molecule has 0 spiro atoms. The highest BCUT2D eigenvalue weighted by molar-refractivity contribution is 5.64. The van der Waals surface area contributed by atoms with Gasteiger partial charge in [0.05, 0.1) is 6.10 Å². The molecular formula is C13H20N2O. The van der Waals surface area contributed by atoms with E-state index in [0.29, 0.717) is 0 Å². The lowest BCUT2D eigenvalue weighted by atomic mass is 10.1. The third-order valence-corrected chi connectivity index (χ3v) is 3.12. The first-order chi connectivity index (χ1) is 7.74. The van der Waals surface area contributed by atoms with E-state index in [2.05, 4.69) is 22.0 Å². The third-order valence-electron chi connectivity index (χ3n) is 3.12. The summed E-state index contributed by atoms with van der Waals surface area (Å²) in [4.78, 5) is 6.63. The van der Waals surface area contributed by atoms with Crippen LogP contribution in [0, 0.1) is 0 Å². The van der Waals surface area contributed by atoms with Crippen LogP contribution in [0.2, 0.25) is 0 Å². The Balaban J connectivity index is 1.92. The van der Waals surface area contributed by atoms with Crippen LogP contribution < -0.4 is 0 Å². The Bertz CT molecular complexity index is 331. The van der Waals surface area contributed by atoms with Gasteiger partial charge in [-0.1, -0.05) is 11.6 Å². The fraction of sp³-hybridized carbons (Fsp3) is 0.615. The van der Waals surface area contributed by atoms with Crippen LogP contribution in [-0.4, -0.2) is 42.0 Å². The second kappa shape index (κ2) is 5.41. The molecule has 2 aliphatic rings. The quantitative estimate of drug-likeness (QED) is 0.769. The summed E-state index contributed by atoms with van der Waals surface area (Å²) in [6, 6.07) is 0. The number of aliphatic hydroxyl groups excluding tert-OH is 1. The number of allylic oxidation sites excluding steroid dienone is 3. The van der Waals surface area contributed by atoms with Gasteiger partial charge < -0.3 is 5.11 Å². The minimum absolute atomic E-state index is 0.133. The van der Waals surface area contributed by atoms with Crippen molar-refractivity contribution >= 4 is 6.21 Å². The van der Waals surface area contributed by atoms with Crippen molar-refractivity contribution in [2.75, 3.05) is 19.6 Å². The van der Waals surface area contributed by atoms with Crippen LogP contribution in [-0.2, 0) is 0 Å². The van der Waals surface area contributed by atoms with Gasteiger partial charge in [-0.3, -0.25) is 9.89 Å². The number of piperidine rings is 1. The van der Waals surface area contributed by atoms with Crippen LogP contribution >= 0.6 is 0 Å². The SMILES string of the molecule is CC1=CC=C(CN2CCCC(O)C2)CC=N1. The number of likely N-dealkylation sites (tertiary alicyclic amines) is 1. The van der Waals surface area contributed by atoms with Crippen molar-refractivity contribution < 1.29 is 5.11 Å². The van der Waals surface area contributed by atoms with E-state index in [1.54, 1.807) is 0 Å². The molecule has 2 rings (SSSR count). The van der Waals surface area contributed by atoms with Crippen molar-refractivity contribution in [3.05, 3.63) is 23.4 Å². The van der Waals surface area contributed by atoms with Gasteiger partial charge in [0.2, 0.25) is 0 Å². The Morgan fingerprint density at radius 1 is 1.50 bits per heavy atom. The maximum Gasteiger partial charge on any atom is 0.0667 e. The van der Waals surface area contributed by atoms with Crippen molar-refractivity contribution in [1.29, 1.82) is 0 Å². The average Bonchev–Trinajstić information content (AvgIpc) is 2.44. The van der Waals surface area contributed by atoms with E-state index in [-0.39, 0.29) is 6.10 Å². The van der Waals surface area contributed by atoms with Crippen molar-refractivity contribution in [2.24, 2.45) is 4.99 Å². The Labute approximate surface area is 97.2 Å². The molecule has 1 unspecified atom stereocenters. The molecule has 16 heavy (non-hydrogen) atoms. The molecular weight excluding hydrogens is 200 g/mol. The van der Waals surface area contributed by atoms with E-state index in [1.165, 1.54) is 5.57 Å². The lowest BCUT2D eigenvalue weighted by Crippen LogP contribution is -2.39. The second-order valence-corrected chi connectivity index (χ2v) is 4.68. The molecule has 0 radical (unpaired) electrons. The summed E-state index contributed by atoms with van der Waals surface area (Å²) in [6.07, 6.45) is 9.08. The first kappa shape index (κ1) is 11.6. The smallest absolute Gasteiger partial charge is 0.0667 e. The van der Waals surface area contributed by atoms with Crippen molar-refractivity contribution in [2.45, 2.75) is 32.3 Å². The highest BCUT2D eigenvalue weighted by atomic mass is 16.3. The van der Waals surface area contributed by atoms with Gasteiger partial charge in [0.1, 0.15) is 0 Å². The number of rotatable bonds is 2. The normalized spacial score (nSPS) is 27.2. The maximum absolute atomic E-state index is 9.61. The molecule has 2 heterocycles. The van der Waals surface area contributed by atoms with Gasteiger partial charge in [-0.15, -0.1) is 0 Å². The van der Waals surface area contributed by atoms with Crippen LogP contribution in [0.4, 0.5) is 0 Å². The Morgan fingerprint density at radius 3 is 3.19 bits per heavy atom.